The third kappa shape index (κ3) is 5.44. The fourth-order valence-electron chi connectivity index (χ4n) is 2.24. The summed E-state index contributed by atoms with van der Waals surface area (Å²) in [7, 11) is 0.0753. The number of sulfonamides is 1. The third-order valence-corrected chi connectivity index (χ3v) is 5.74. The van der Waals surface area contributed by atoms with Crippen molar-refractivity contribution in [3.05, 3.63) is 53.1 Å². The number of hydrogen-bond acceptors (Lipinski definition) is 6. The van der Waals surface area contributed by atoms with Gasteiger partial charge in [-0.25, -0.2) is 13.8 Å². The fraction of sp³-hybridized carbons (Fsp3) is 0.222. The van der Waals surface area contributed by atoms with E-state index in [9.17, 15) is 13.2 Å². The minimum absolute atomic E-state index is 0.105. The summed E-state index contributed by atoms with van der Waals surface area (Å²) >= 11 is 5.87. The van der Waals surface area contributed by atoms with Gasteiger partial charge in [0.15, 0.2) is 0 Å². The zero-order chi connectivity index (χ0) is 20.7. The van der Waals surface area contributed by atoms with Gasteiger partial charge in [-0.05, 0) is 29.8 Å². The predicted molar refractivity (Wildman–Crippen MR) is 107 cm³/mol. The summed E-state index contributed by atoms with van der Waals surface area (Å²) in [4.78, 5) is 11.9. The Labute approximate surface area is 168 Å². The summed E-state index contributed by atoms with van der Waals surface area (Å²) in [5.74, 6) is -0.110. The molecule has 0 aromatic heterocycles. The molecule has 0 spiro atoms. The molecule has 2 rings (SSSR count). The number of halogens is 1. The topological polar surface area (TPSA) is 97.3 Å². The van der Waals surface area contributed by atoms with E-state index in [2.05, 4.69) is 10.5 Å². The molecular weight excluding hydrogens is 406 g/mol. The van der Waals surface area contributed by atoms with Gasteiger partial charge in [0.25, 0.3) is 5.91 Å². The van der Waals surface area contributed by atoms with E-state index in [4.69, 9.17) is 21.1 Å². The van der Waals surface area contributed by atoms with Crippen molar-refractivity contribution in [3.63, 3.8) is 0 Å². The molecule has 150 valence electrons. The SMILES string of the molecule is COc1ccc(OC)c(S(=O)(=O)N(C)CC(=O)N/N=C/c2cccc(Cl)c2)c1. The van der Waals surface area contributed by atoms with Crippen molar-refractivity contribution in [1.82, 2.24) is 9.73 Å². The highest BCUT2D eigenvalue weighted by Crippen LogP contribution is 2.30. The molecule has 0 saturated heterocycles. The molecule has 0 saturated carbocycles. The number of amides is 1. The van der Waals surface area contributed by atoms with E-state index in [1.807, 2.05) is 0 Å². The smallest absolute Gasteiger partial charge is 0.255 e. The lowest BCUT2D eigenvalue weighted by atomic mass is 10.2. The van der Waals surface area contributed by atoms with Crippen LogP contribution in [0.1, 0.15) is 5.56 Å². The van der Waals surface area contributed by atoms with Crippen LogP contribution in [0.3, 0.4) is 0 Å². The van der Waals surface area contributed by atoms with Gasteiger partial charge in [-0.2, -0.15) is 9.41 Å². The Morgan fingerprint density at radius 3 is 2.61 bits per heavy atom. The van der Waals surface area contributed by atoms with Crippen molar-refractivity contribution >= 4 is 33.7 Å². The van der Waals surface area contributed by atoms with E-state index in [-0.39, 0.29) is 10.6 Å². The minimum Gasteiger partial charge on any atom is -0.497 e. The Morgan fingerprint density at radius 1 is 1.21 bits per heavy atom. The number of methoxy groups -OCH3 is 2. The highest BCUT2D eigenvalue weighted by atomic mass is 35.5. The zero-order valence-corrected chi connectivity index (χ0v) is 17.1. The molecule has 2 aromatic carbocycles. The van der Waals surface area contributed by atoms with Gasteiger partial charge in [-0.1, -0.05) is 23.7 Å². The van der Waals surface area contributed by atoms with Crippen molar-refractivity contribution in [1.29, 1.82) is 0 Å². The van der Waals surface area contributed by atoms with Gasteiger partial charge in [0.1, 0.15) is 16.4 Å². The molecule has 10 heteroatoms. The molecular formula is C18H20ClN3O5S. The molecule has 1 amide bonds. The van der Waals surface area contributed by atoms with Gasteiger partial charge in [0.2, 0.25) is 10.0 Å². The molecule has 2 aromatic rings. The van der Waals surface area contributed by atoms with Gasteiger partial charge in [-0.3, -0.25) is 4.79 Å². The lowest BCUT2D eigenvalue weighted by Gasteiger charge is -2.18. The van der Waals surface area contributed by atoms with E-state index in [0.29, 0.717) is 16.3 Å². The van der Waals surface area contributed by atoms with Crippen LogP contribution in [0, 0.1) is 0 Å². The molecule has 0 aliphatic heterocycles. The van der Waals surface area contributed by atoms with E-state index in [1.165, 1.54) is 39.6 Å². The number of likely N-dealkylation sites (N-methyl/N-ethyl adjacent to an activating group) is 1. The number of rotatable bonds is 8. The summed E-state index contributed by atoms with van der Waals surface area (Å²) in [6, 6.07) is 11.3. The summed E-state index contributed by atoms with van der Waals surface area (Å²) in [6.07, 6.45) is 1.41. The summed E-state index contributed by atoms with van der Waals surface area (Å²) < 4.78 is 36.7. The van der Waals surface area contributed by atoms with E-state index < -0.39 is 22.5 Å². The first kappa shape index (κ1) is 21.7. The number of hydrazone groups is 1. The van der Waals surface area contributed by atoms with Crippen LogP contribution in [0.25, 0.3) is 0 Å². The Hall–Kier alpha value is -2.62. The highest BCUT2D eigenvalue weighted by Gasteiger charge is 2.27. The highest BCUT2D eigenvalue weighted by molar-refractivity contribution is 7.89. The molecule has 0 heterocycles. The number of ether oxygens (including phenoxy) is 2. The largest absolute Gasteiger partial charge is 0.497 e. The molecule has 0 aliphatic rings. The molecule has 0 radical (unpaired) electrons. The minimum atomic E-state index is -3.99. The van der Waals surface area contributed by atoms with Crippen LogP contribution < -0.4 is 14.9 Å². The van der Waals surface area contributed by atoms with Crippen LogP contribution in [-0.4, -0.2) is 52.7 Å². The molecule has 0 fully saturated rings. The normalized spacial score (nSPS) is 11.6. The average molecular weight is 426 g/mol. The summed E-state index contributed by atoms with van der Waals surface area (Å²) in [5, 5.41) is 4.34. The maximum Gasteiger partial charge on any atom is 0.255 e. The van der Waals surface area contributed by atoms with Crippen molar-refractivity contribution in [2.24, 2.45) is 5.10 Å². The molecule has 0 unspecified atom stereocenters. The lowest BCUT2D eigenvalue weighted by molar-refractivity contribution is -0.121. The quantitative estimate of drug-likeness (QED) is 0.516. The van der Waals surface area contributed by atoms with E-state index in [0.717, 1.165) is 4.31 Å². The Kier molecular flexibility index (Phi) is 7.38. The summed E-state index contributed by atoms with van der Waals surface area (Å²) in [5.41, 5.74) is 2.97. The standard InChI is InChI=1S/C18H20ClN3O5S/c1-22(12-18(23)21-20-11-13-5-4-6-14(19)9-13)28(24,25)17-10-15(26-2)7-8-16(17)27-3/h4-11H,12H2,1-3H3,(H,21,23)/b20-11+. The second kappa shape index (κ2) is 9.54. The Bertz CT molecular complexity index is 979. The second-order valence-electron chi connectivity index (χ2n) is 5.63. The number of nitrogens with zero attached hydrogens (tertiary/aromatic N) is 2. The van der Waals surface area contributed by atoms with Crippen molar-refractivity contribution < 1.29 is 22.7 Å². The predicted octanol–water partition coefficient (Wildman–Crippen LogP) is 2.13. The number of hydrogen-bond donors (Lipinski definition) is 1. The maximum atomic E-state index is 12.8. The molecule has 1 N–H and O–H groups in total. The van der Waals surface area contributed by atoms with Crippen LogP contribution in [0.2, 0.25) is 5.02 Å². The number of carbonyl (C=O) groups excluding carboxylic acids is 1. The molecule has 0 aliphatic carbocycles. The van der Waals surface area contributed by atoms with Gasteiger partial charge in [0.05, 0.1) is 27.0 Å². The maximum absolute atomic E-state index is 12.8. The van der Waals surface area contributed by atoms with Gasteiger partial charge in [-0.15, -0.1) is 0 Å². The number of carbonyl (C=O) groups is 1. The Morgan fingerprint density at radius 2 is 1.96 bits per heavy atom. The van der Waals surface area contributed by atoms with Gasteiger partial charge < -0.3 is 9.47 Å². The first-order chi connectivity index (χ1) is 13.3. The third-order valence-electron chi connectivity index (χ3n) is 3.68. The van der Waals surface area contributed by atoms with E-state index in [1.54, 1.807) is 30.3 Å². The molecule has 0 bridgehead atoms. The van der Waals surface area contributed by atoms with Crippen molar-refractivity contribution in [2.75, 3.05) is 27.8 Å². The first-order valence-electron chi connectivity index (χ1n) is 8.03. The molecule has 0 atom stereocenters. The van der Waals surface area contributed by atoms with Crippen LogP contribution >= 0.6 is 11.6 Å². The van der Waals surface area contributed by atoms with Gasteiger partial charge >= 0.3 is 0 Å². The number of benzene rings is 2. The van der Waals surface area contributed by atoms with Crippen LogP contribution in [0.15, 0.2) is 52.5 Å². The van der Waals surface area contributed by atoms with Gasteiger partial charge in [0, 0.05) is 18.1 Å². The van der Waals surface area contributed by atoms with Crippen LogP contribution in [0.5, 0.6) is 11.5 Å². The fourth-order valence-corrected chi connectivity index (χ4v) is 3.73. The number of nitrogens with one attached hydrogen (secondary N) is 1. The molecule has 28 heavy (non-hydrogen) atoms. The zero-order valence-electron chi connectivity index (χ0n) is 15.5. The average Bonchev–Trinajstić information content (AvgIpc) is 2.67. The van der Waals surface area contributed by atoms with Crippen molar-refractivity contribution in [3.8, 4) is 11.5 Å². The summed E-state index contributed by atoms with van der Waals surface area (Å²) in [6.45, 7) is -0.435. The lowest BCUT2D eigenvalue weighted by Crippen LogP contribution is -2.36. The second-order valence-corrected chi connectivity index (χ2v) is 8.08. The van der Waals surface area contributed by atoms with E-state index >= 15 is 0 Å². The van der Waals surface area contributed by atoms with Crippen LogP contribution in [0.4, 0.5) is 0 Å². The first-order valence-corrected chi connectivity index (χ1v) is 9.85. The van der Waals surface area contributed by atoms with Crippen molar-refractivity contribution in [2.45, 2.75) is 4.90 Å². The monoisotopic (exact) mass is 425 g/mol. The Balaban J connectivity index is 2.08. The van der Waals surface area contributed by atoms with Crippen LogP contribution in [-0.2, 0) is 14.8 Å². The molecule has 8 nitrogen and oxygen atoms in total.